The Labute approximate surface area is 120 Å². The summed E-state index contributed by atoms with van der Waals surface area (Å²) < 4.78 is 3.03. The van der Waals surface area contributed by atoms with Crippen molar-refractivity contribution < 1.29 is 0 Å². The molecule has 3 aromatic rings. The second kappa shape index (κ2) is 4.08. The molecular weight excluding hydrogens is 304 g/mol. The number of nitrogens with two attached hydrogens (primary N) is 1. The number of imidazole rings is 2. The molecule has 0 aliphatic heterocycles. The number of hydrogen-bond donors (Lipinski definition) is 2. The average molecular weight is 321 g/mol. The van der Waals surface area contributed by atoms with Crippen LogP contribution in [0.2, 0.25) is 0 Å². The number of hydrogen-bond acceptors (Lipinski definition) is 2. The van der Waals surface area contributed by atoms with Gasteiger partial charge in [0, 0.05) is 6.54 Å². The molecule has 2 aromatic heterocycles. The Morgan fingerprint density at radius 2 is 2.11 bits per heavy atom. The van der Waals surface area contributed by atoms with Gasteiger partial charge in [-0.2, -0.15) is 0 Å². The summed E-state index contributed by atoms with van der Waals surface area (Å²) in [7, 11) is 0. The molecule has 19 heavy (non-hydrogen) atoms. The highest BCUT2D eigenvalue weighted by atomic mass is 79.9. The minimum absolute atomic E-state index is 0.0715. The monoisotopic (exact) mass is 320 g/mol. The number of para-hydroxylation sites is 1. The molecule has 0 atom stereocenters. The third-order valence-electron chi connectivity index (χ3n) is 3.41. The lowest BCUT2D eigenvalue weighted by Crippen LogP contribution is -2.11. The Balaban J connectivity index is 2.43. The number of nitrogens with one attached hydrogen (secondary N) is 1. The van der Waals surface area contributed by atoms with Gasteiger partial charge in [0.15, 0.2) is 0 Å². The minimum Gasteiger partial charge on any atom is -0.325 e. The van der Waals surface area contributed by atoms with Gasteiger partial charge in [0.1, 0.15) is 4.60 Å². The van der Waals surface area contributed by atoms with E-state index in [1.54, 1.807) is 0 Å². The Bertz CT molecular complexity index is 761. The van der Waals surface area contributed by atoms with Crippen LogP contribution >= 0.6 is 15.9 Å². The van der Waals surface area contributed by atoms with Crippen LogP contribution in [0.4, 0.5) is 0 Å². The van der Waals surface area contributed by atoms with Crippen LogP contribution in [0.25, 0.3) is 16.8 Å². The van der Waals surface area contributed by atoms with Crippen LogP contribution in [0.3, 0.4) is 0 Å². The van der Waals surface area contributed by atoms with E-state index in [0.717, 1.165) is 27.1 Å². The number of benzene rings is 1. The van der Waals surface area contributed by atoms with E-state index in [-0.39, 0.29) is 5.41 Å². The second-order valence-corrected chi connectivity index (χ2v) is 6.54. The highest BCUT2D eigenvalue weighted by molar-refractivity contribution is 9.10. The molecule has 0 radical (unpaired) electrons. The number of fused-ring (bicyclic) bond motifs is 3. The molecule has 0 amide bonds. The van der Waals surface area contributed by atoms with E-state index in [9.17, 15) is 0 Å². The van der Waals surface area contributed by atoms with Crippen LogP contribution in [-0.2, 0) is 12.0 Å². The Morgan fingerprint density at radius 1 is 1.37 bits per heavy atom. The van der Waals surface area contributed by atoms with Gasteiger partial charge in [0.2, 0.25) is 5.78 Å². The molecule has 0 unspecified atom stereocenters. The summed E-state index contributed by atoms with van der Waals surface area (Å²) in [6.07, 6.45) is 0. The Morgan fingerprint density at radius 3 is 2.74 bits per heavy atom. The van der Waals surface area contributed by atoms with Gasteiger partial charge in [0.25, 0.3) is 0 Å². The van der Waals surface area contributed by atoms with Crippen LogP contribution in [-0.4, -0.2) is 14.4 Å². The zero-order chi connectivity index (χ0) is 13.8. The largest absolute Gasteiger partial charge is 0.325 e. The van der Waals surface area contributed by atoms with Crippen molar-refractivity contribution in [1.82, 2.24) is 14.4 Å². The standard InChI is InChI=1S/C14H17BrN4/c1-14(2,3)8-5-4-6-10-11(8)18-13-17-9(7-16)12(15)19(10)13/h4-6H,7,16H2,1-3H3,(H,17,18). The predicted octanol–water partition coefficient (Wildman–Crippen LogP) is 3.33. The van der Waals surface area contributed by atoms with E-state index >= 15 is 0 Å². The van der Waals surface area contributed by atoms with Gasteiger partial charge in [-0.05, 0) is 33.0 Å². The van der Waals surface area contributed by atoms with E-state index in [4.69, 9.17) is 10.7 Å². The van der Waals surface area contributed by atoms with Gasteiger partial charge < -0.3 is 10.7 Å². The van der Waals surface area contributed by atoms with Crippen LogP contribution in [0, 0.1) is 0 Å². The first-order chi connectivity index (χ1) is 8.93. The van der Waals surface area contributed by atoms with E-state index in [1.807, 2.05) is 0 Å². The molecule has 3 rings (SSSR count). The van der Waals surface area contributed by atoms with E-state index in [0.29, 0.717) is 6.54 Å². The summed E-state index contributed by atoms with van der Waals surface area (Å²) in [5.41, 5.74) is 10.2. The number of aromatic nitrogens is 3. The smallest absolute Gasteiger partial charge is 0.213 e. The average Bonchev–Trinajstić information content (AvgIpc) is 2.84. The molecule has 0 fully saturated rings. The number of halogens is 1. The number of rotatable bonds is 1. The quantitative estimate of drug-likeness (QED) is 0.722. The first-order valence-electron chi connectivity index (χ1n) is 6.31. The van der Waals surface area contributed by atoms with Gasteiger partial charge in [0.05, 0.1) is 16.7 Å². The molecule has 0 aliphatic rings. The molecule has 0 aliphatic carbocycles. The van der Waals surface area contributed by atoms with Crippen molar-refractivity contribution in [3.05, 3.63) is 34.1 Å². The van der Waals surface area contributed by atoms with Crippen LogP contribution in [0.15, 0.2) is 22.8 Å². The molecule has 0 spiro atoms. The normalized spacial score (nSPS) is 12.7. The Hall–Kier alpha value is -1.33. The molecule has 0 saturated carbocycles. The highest BCUT2D eigenvalue weighted by Crippen LogP contribution is 2.32. The van der Waals surface area contributed by atoms with Crippen molar-refractivity contribution in [2.75, 3.05) is 0 Å². The molecule has 5 heteroatoms. The minimum atomic E-state index is 0.0715. The summed E-state index contributed by atoms with van der Waals surface area (Å²) in [5, 5.41) is 0. The summed E-state index contributed by atoms with van der Waals surface area (Å²) in [6, 6.07) is 6.31. The van der Waals surface area contributed by atoms with Crippen molar-refractivity contribution in [3.63, 3.8) is 0 Å². The summed E-state index contributed by atoms with van der Waals surface area (Å²) in [5.74, 6) is 0.832. The molecule has 4 nitrogen and oxygen atoms in total. The molecule has 0 saturated heterocycles. The van der Waals surface area contributed by atoms with Crippen molar-refractivity contribution in [3.8, 4) is 0 Å². The third kappa shape index (κ3) is 1.80. The molecular formula is C14H17BrN4. The van der Waals surface area contributed by atoms with Crippen molar-refractivity contribution in [2.24, 2.45) is 5.73 Å². The summed E-state index contributed by atoms with van der Waals surface area (Å²) >= 11 is 3.60. The second-order valence-electron chi connectivity index (χ2n) is 5.79. The lowest BCUT2D eigenvalue weighted by Gasteiger charge is -2.19. The first kappa shape index (κ1) is 12.7. The maximum atomic E-state index is 5.71. The lowest BCUT2D eigenvalue weighted by atomic mass is 9.86. The van der Waals surface area contributed by atoms with Crippen LogP contribution in [0.5, 0.6) is 0 Å². The van der Waals surface area contributed by atoms with Crippen LogP contribution in [0.1, 0.15) is 32.0 Å². The first-order valence-corrected chi connectivity index (χ1v) is 7.11. The Kier molecular flexibility index (Phi) is 2.73. The van der Waals surface area contributed by atoms with Crippen molar-refractivity contribution in [2.45, 2.75) is 32.7 Å². The third-order valence-corrected chi connectivity index (χ3v) is 4.24. The molecule has 1 aromatic carbocycles. The fourth-order valence-corrected chi connectivity index (χ4v) is 3.06. The lowest BCUT2D eigenvalue weighted by molar-refractivity contribution is 0.595. The molecule has 3 N–H and O–H groups in total. The SMILES string of the molecule is CC(C)(C)c1cccc2c1nc1[nH]c(CN)c(Br)n12. The zero-order valence-corrected chi connectivity index (χ0v) is 12.9. The maximum Gasteiger partial charge on any atom is 0.213 e. The van der Waals surface area contributed by atoms with Gasteiger partial charge >= 0.3 is 0 Å². The highest BCUT2D eigenvalue weighted by Gasteiger charge is 2.21. The fourth-order valence-electron chi connectivity index (χ4n) is 2.44. The van der Waals surface area contributed by atoms with Crippen molar-refractivity contribution >= 4 is 32.7 Å². The zero-order valence-electron chi connectivity index (χ0n) is 11.3. The van der Waals surface area contributed by atoms with Gasteiger partial charge in [-0.25, -0.2) is 4.98 Å². The predicted molar refractivity (Wildman–Crippen MR) is 81.3 cm³/mol. The number of H-pyrrole nitrogens is 1. The van der Waals surface area contributed by atoms with Gasteiger partial charge in [-0.3, -0.25) is 4.40 Å². The molecule has 0 bridgehead atoms. The molecule has 2 heterocycles. The van der Waals surface area contributed by atoms with Crippen LogP contribution < -0.4 is 5.73 Å². The van der Waals surface area contributed by atoms with E-state index in [2.05, 4.69) is 64.3 Å². The topological polar surface area (TPSA) is 59.1 Å². The fraction of sp³-hybridized carbons (Fsp3) is 0.357. The summed E-state index contributed by atoms with van der Waals surface area (Å²) in [4.78, 5) is 7.99. The number of aromatic amines is 1. The number of nitrogens with zero attached hydrogens (tertiary/aromatic N) is 2. The summed E-state index contributed by atoms with van der Waals surface area (Å²) in [6.45, 7) is 7.08. The van der Waals surface area contributed by atoms with Crippen molar-refractivity contribution in [1.29, 1.82) is 0 Å². The van der Waals surface area contributed by atoms with Gasteiger partial charge in [-0.1, -0.05) is 32.9 Å². The van der Waals surface area contributed by atoms with Gasteiger partial charge in [-0.15, -0.1) is 0 Å². The van der Waals surface area contributed by atoms with E-state index < -0.39 is 0 Å². The van der Waals surface area contributed by atoms with E-state index in [1.165, 1.54) is 5.56 Å². The molecule has 100 valence electrons. The maximum absolute atomic E-state index is 5.71.